The first-order valence-corrected chi connectivity index (χ1v) is 10.3. The fourth-order valence-electron chi connectivity index (χ4n) is 3.25. The molecule has 0 aliphatic rings. The van der Waals surface area contributed by atoms with Crippen molar-refractivity contribution in [1.29, 1.82) is 0 Å². The average Bonchev–Trinajstić information content (AvgIpc) is 2.71. The van der Waals surface area contributed by atoms with Gasteiger partial charge in [-0.3, -0.25) is 14.9 Å². The van der Waals surface area contributed by atoms with Crippen molar-refractivity contribution >= 4 is 17.5 Å². The molecule has 2 rings (SSSR count). The van der Waals surface area contributed by atoms with Gasteiger partial charge in [0.1, 0.15) is 0 Å². The second-order valence-corrected chi connectivity index (χ2v) is 8.02. The molecule has 0 radical (unpaired) electrons. The normalized spacial score (nSPS) is 14.3. The average molecular weight is 396 g/mol. The highest BCUT2D eigenvalue weighted by Crippen LogP contribution is 2.26. The van der Waals surface area contributed by atoms with Crippen LogP contribution in [0.25, 0.3) is 0 Å². The summed E-state index contributed by atoms with van der Waals surface area (Å²) in [5.41, 5.74) is 8.81. The van der Waals surface area contributed by atoms with E-state index in [0.717, 1.165) is 6.42 Å². The number of hydrogen-bond acceptors (Lipinski definition) is 3. The summed E-state index contributed by atoms with van der Waals surface area (Å²) in [6, 6.07) is 14.9. The second-order valence-electron chi connectivity index (χ2n) is 8.02. The van der Waals surface area contributed by atoms with Gasteiger partial charge in [-0.25, -0.2) is 0 Å². The van der Waals surface area contributed by atoms with Crippen LogP contribution >= 0.6 is 0 Å². The first kappa shape index (κ1) is 22.6. The molecule has 0 aliphatic heterocycles. The van der Waals surface area contributed by atoms with Crippen LogP contribution in [0.1, 0.15) is 74.5 Å². The summed E-state index contributed by atoms with van der Waals surface area (Å²) >= 11 is 0. The van der Waals surface area contributed by atoms with Crippen LogP contribution in [0.5, 0.6) is 0 Å². The molecule has 0 bridgehead atoms. The monoisotopic (exact) mass is 395 g/mol. The van der Waals surface area contributed by atoms with E-state index in [2.05, 4.69) is 62.6 Å². The summed E-state index contributed by atoms with van der Waals surface area (Å²) in [5, 5.41) is 6.34. The smallest absolute Gasteiger partial charge is 0.248 e. The van der Waals surface area contributed by atoms with E-state index in [4.69, 9.17) is 5.73 Å². The SMILES string of the molecule is CC[C@H](C)c1ccc([C@H](N[C@H](C)C(=O)Nc2ccc(C(N)=O)cc2)C(C)C)cc1. The molecule has 2 aromatic carbocycles. The largest absolute Gasteiger partial charge is 0.366 e. The van der Waals surface area contributed by atoms with E-state index in [1.807, 2.05) is 6.92 Å². The number of nitrogens with two attached hydrogens (primary N) is 1. The van der Waals surface area contributed by atoms with Crippen LogP contribution in [0.4, 0.5) is 5.69 Å². The highest BCUT2D eigenvalue weighted by Gasteiger charge is 2.22. The molecule has 0 aromatic heterocycles. The van der Waals surface area contributed by atoms with E-state index in [1.165, 1.54) is 11.1 Å². The molecular formula is C24H33N3O2. The molecule has 0 unspecified atom stereocenters. The van der Waals surface area contributed by atoms with Gasteiger partial charge in [0.15, 0.2) is 0 Å². The predicted octanol–water partition coefficient (Wildman–Crippen LogP) is 4.61. The van der Waals surface area contributed by atoms with Crippen LogP contribution in [0.15, 0.2) is 48.5 Å². The van der Waals surface area contributed by atoms with Crippen LogP contribution in [-0.2, 0) is 4.79 Å². The van der Waals surface area contributed by atoms with Crippen molar-refractivity contribution < 1.29 is 9.59 Å². The number of carbonyl (C=O) groups excluding carboxylic acids is 2. The van der Waals surface area contributed by atoms with Gasteiger partial charge in [0.2, 0.25) is 11.8 Å². The Morgan fingerprint density at radius 1 is 0.897 bits per heavy atom. The number of hydrogen-bond donors (Lipinski definition) is 3. The summed E-state index contributed by atoms with van der Waals surface area (Å²) < 4.78 is 0. The van der Waals surface area contributed by atoms with Gasteiger partial charge in [-0.1, -0.05) is 52.0 Å². The zero-order chi connectivity index (χ0) is 21.6. The van der Waals surface area contributed by atoms with E-state index in [-0.39, 0.29) is 18.0 Å². The minimum absolute atomic E-state index is 0.0685. The molecule has 5 heteroatoms. The minimum atomic E-state index is -0.489. The minimum Gasteiger partial charge on any atom is -0.366 e. The summed E-state index contributed by atoms with van der Waals surface area (Å²) in [7, 11) is 0. The van der Waals surface area contributed by atoms with E-state index in [0.29, 0.717) is 23.1 Å². The molecule has 4 N–H and O–H groups in total. The highest BCUT2D eigenvalue weighted by atomic mass is 16.2. The number of anilines is 1. The fraction of sp³-hybridized carbons (Fsp3) is 0.417. The summed E-state index contributed by atoms with van der Waals surface area (Å²) in [6.07, 6.45) is 1.11. The van der Waals surface area contributed by atoms with Crippen molar-refractivity contribution in [1.82, 2.24) is 5.32 Å². The third-order valence-electron chi connectivity index (χ3n) is 5.40. The summed E-state index contributed by atoms with van der Waals surface area (Å²) in [5.74, 6) is 0.255. The molecule has 29 heavy (non-hydrogen) atoms. The lowest BCUT2D eigenvalue weighted by Crippen LogP contribution is -2.41. The van der Waals surface area contributed by atoms with Gasteiger partial charge < -0.3 is 11.1 Å². The van der Waals surface area contributed by atoms with Crippen LogP contribution < -0.4 is 16.4 Å². The standard InChI is InChI=1S/C24H33N3O2/c1-6-16(4)18-7-9-19(10-8-18)22(15(2)3)26-17(5)24(29)27-21-13-11-20(12-14-21)23(25)28/h7-17,22,26H,6H2,1-5H3,(H2,25,28)(H,27,29)/t16-,17+,22+/m0/s1. The van der Waals surface area contributed by atoms with Crippen LogP contribution in [-0.4, -0.2) is 17.9 Å². The van der Waals surface area contributed by atoms with Gasteiger partial charge in [0, 0.05) is 17.3 Å². The first-order chi connectivity index (χ1) is 13.7. The van der Waals surface area contributed by atoms with Gasteiger partial charge in [-0.15, -0.1) is 0 Å². The summed E-state index contributed by atoms with van der Waals surface area (Å²) in [6.45, 7) is 10.6. The lowest BCUT2D eigenvalue weighted by molar-refractivity contribution is -0.118. The fourth-order valence-corrected chi connectivity index (χ4v) is 3.25. The van der Waals surface area contributed by atoms with Crippen molar-refractivity contribution in [2.75, 3.05) is 5.32 Å². The maximum absolute atomic E-state index is 12.6. The van der Waals surface area contributed by atoms with Crippen molar-refractivity contribution in [3.63, 3.8) is 0 Å². The number of amides is 2. The molecule has 2 amide bonds. The van der Waals surface area contributed by atoms with Gasteiger partial charge in [-0.05, 0) is 60.6 Å². The number of primary amides is 1. The Bertz CT molecular complexity index is 813. The van der Waals surface area contributed by atoms with E-state index < -0.39 is 5.91 Å². The van der Waals surface area contributed by atoms with E-state index in [1.54, 1.807) is 24.3 Å². The molecule has 156 valence electrons. The van der Waals surface area contributed by atoms with Crippen molar-refractivity contribution in [2.45, 2.75) is 59.0 Å². The molecule has 3 atom stereocenters. The molecule has 0 saturated heterocycles. The molecule has 2 aromatic rings. The molecule has 0 saturated carbocycles. The Labute approximate surface area is 174 Å². The van der Waals surface area contributed by atoms with Crippen molar-refractivity contribution in [3.05, 3.63) is 65.2 Å². The number of benzene rings is 2. The van der Waals surface area contributed by atoms with Crippen LogP contribution in [0, 0.1) is 5.92 Å². The zero-order valence-corrected chi connectivity index (χ0v) is 18.0. The molecule has 0 fully saturated rings. The molecule has 5 nitrogen and oxygen atoms in total. The van der Waals surface area contributed by atoms with Gasteiger partial charge in [0.25, 0.3) is 0 Å². The molecule has 0 spiro atoms. The Balaban J connectivity index is 2.05. The molecule has 0 aliphatic carbocycles. The highest BCUT2D eigenvalue weighted by molar-refractivity contribution is 5.96. The van der Waals surface area contributed by atoms with Crippen LogP contribution in [0.3, 0.4) is 0 Å². The second kappa shape index (κ2) is 10.2. The van der Waals surface area contributed by atoms with Gasteiger partial charge in [0.05, 0.1) is 6.04 Å². The Morgan fingerprint density at radius 3 is 1.93 bits per heavy atom. The third-order valence-corrected chi connectivity index (χ3v) is 5.40. The molecular weight excluding hydrogens is 362 g/mol. The van der Waals surface area contributed by atoms with Gasteiger partial charge in [-0.2, -0.15) is 0 Å². The Morgan fingerprint density at radius 2 is 1.45 bits per heavy atom. The Kier molecular flexibility index (Phi) is 7.97. The number of carbonyl (C=O) groups is 2. The van der Waals surface area contributed by atoms with E-state index in [9.17, 15) is 9.59 Å². The maximum atomic E-state index is 12.6. The van der Waals surface area contributed by atoms with E-state index >= 15 is 0 Å². The Hall–Kier alpha value is -2.66. The van der Waals surface area contributed by atoms with Crippen molar-refractivity contribution in [3.8, 4) is 0 Å². The molecule has 0 heterocycles. The van der Waals surface area contributed by atoms with Crippen molar-refractivity contribution in [2.24, 2.45) is 11.7 Å². The topological polar surface area (TPSA) is 84.2 Å². The summed E-state index contributed by atoms with van der Waals surface area (Å²) in [4.78, 5) is 23.8. The predicted molar refractivity (Wildman–Crippen MR) is 119 cm³/mol. The zero-order valence-electron chi connectivity index (χ0n) is 18.0. The number of rotatable bonds is 9. The maximum Gasteiger partial charge on any atom is 0.248 e. The lowest BCUT2D eigenvalue weighted by Gasteiger charge is -2.27. The lowest BCUT2D eigenvalue weighted by atomic mass is 9.91. The third kappa shape index (κ3) is 6.16. The first-order valence-electron chi connectivity index (χ1n) is 10.3. The van der Waals surface area contributed by atoms with Gasteiger partial charge >= 0.3 is 0 Å². The quantitative estimate of drug-likeness (QED) is 0.579. The number of nitrogens with one attached hydrogen (secondary N) is 2. The van der Waals surface area contributed by atoms with Crippen LogP contribution in [0.2, 0.25) is 0 Å².